The number of nitrogens with zero attached hydrogens (tertiary/aromatic N) is 1. The highest BCUT2D eigenvalue weighted by Gasteiger charge is 2.17. The molecule has 1 N–H and O–H groups in total. The summed E-state index contributed by atoms with van der Waals surface area (Å²) in [5, 5.41) is 5.70. The molecule has 2 aromatic rings. The maximum absolute atomic E-state index is 12.2. The lowest BCUT2D eigenvalue weighted by molar-refractivity contribution is 0.595. The lowest BCUT2D eigenvalue weighted by atomic mass is 10.4. The van der Waals surface area contributed by atoms with Gasteiger partial charge in [0.25, 0.3) is 0 Å². The van der Waals surface area contributed by atoms with Crippen LogP contribution in [0.4, 0.5) is 0 Å². The van der Waals surface area contributed by atoms with E-state index in [4.69, 9.17) is 0 Å². The van der Waals surface area contributed by atoms with Gasteiger partial charge in [-0.15, -0.1) is 11.3 Å². The highest BCUT2D eigenvalue weighted by Crippen LogP contribution is 2.18. The lowest BCUT2D eigenvalue weighted by Crippen LogP contribution is -2.12. The van der Waals surface area contributed by atoms with Crippen molar-refractivity contribution in [3.8, 4) is 0 Å². The summed E-state index contributed by atoms with van der Waals surface area (Å²) in [5.41, 5.74) is 0.894. The third-order valence-corrected chi connectivity index (χ3v) is 5.30. The fourth-order valence-electron chi connectivity index (χ4n) is 1.62. The van der Waals surface area contributed by atoms with Crippen molar-refractivity contribution in [2.75, 3.05) is 6.54 Å². The standard InChI is InChI=1S/C13H16N2O2S2/c1-2-14-8-11-9-18-13(15-11)10-19(16,17)12-6-4-3-5-7-12/h3-7,9,14H,2,8,10H2,1H3. The van der Waals surface area contributed by atoms with Gasteiger partial charge in [0, 0.05) is 11.9 Å². The number of sulfone groups is 1. The maximum atomic E-state index is 12.2. The van der Waals surface area contributed by atoms with Gasteiger partial charge in [0.1, 0.15) is 10.8 Å². The van der Waals surface area contributed by atoms with Crippen molar-refractivity contribution in [3.05, 3.63) is 46.4 Å². The fourth-order valence-corrected chi connectivity index (χ4v) is 4.07. The average molecular weight is 296 g/mol. The van der Waals surface area contributed by atoms with E-state index in [0.717, 1.165) is 12.2 Å². The van der Waals surface area contributed by atoms with Crippen molar-refractivity contribution in [1.29, 1.82) is 0 Å². The molecular weight excluding hydrogens is 280 g/mol. The molecule has 0 saturated carbocycles. The van der Waals surface area contributed by atoms with E-state index in [1.165, 1.54) is 11.3 Å². The topological polar surface area (TPSA) is 59.1 Å². The van der Waals surface area contributed by atoms with E-state index >= 15 is 0 Å². The van der Waals surface area contributed by atoms with Gasteiger partial charge in [-0.25, -0.2) is 13.4 Å². The number of rotatable bonds is 6. The summed E-state index contributed by atoms with van der Waals surface area (Å²) in [4.78, 5) is 4.68. The molecule has 1 aromatic carbocycles. The summed E-state index contributed by atoms with van der Waals surface area (Å²) in [6.45, 7) is 3.57. The van der Waals surface area contributed by atoms with Crippen molar-refractivity contribution in [3.63, 3.8) is 0 Å². The zero-order valence-corrected chi connectivity index (χ0v) is 12.3. The van der Waals surface area contributed by atoms with E-state index in [9.17, 15) is 8.42 Å². The van der Waals surface area contributed by atoms with E-state index in [0.29, 0.717) is 16.4 Å². The largest absolute Gasteiger partial charge is 0.311 e. The second-order valence-corrected chi connectivity index (χ2v) is 7.02. The van der Waals surface area contributed by atoms with Crippen LogP contribution >= 0.6 is 11.3 Å². The minimum absolute atomic E-state index is 0.0339. The number of hydrogen-bond acceptors (Lipinski definition) is 5. The molecule has 1 heterocycles. The van der Waals surface area contributed by atoms with Crippen LogP contribution in [0.2, 0.25) is 0 Å². The predicted octanol–water partition coefficient (Wildman–Crippen LogP) is 2.23. The van der Waals surface area contributed by atoms with Crippen LogP contribution in [0.5, 0.6) is 0 Å². The molecule has 6 heteroatoms. The van der Waals surface area contributed by atoms with Gasteiger partial charge in [-0.1, -0.05) is 25.1 Å². The molecule has 19 heavy (non-hydrogen) atoms. The predicted molar refractivity (Wildman–Crippen MR) is 76.8 cm³/mol. The number of aromatic nitrogens is 1. The van der Waals surface area contributed by atoms with Crippen molar-refractivity contribution >= 4 is 21.2 Å². The number of hydrogen-bond donors (Lipinski definition) is 1. The van der Waals surface area contributed by atoms with Gasteiger partial charge in [-0.05, 0) is 18.7 Å². The number of benzene rings is 1. The summed E-state index contributed by atoms with van der Waals surface area (Å²) < 4.78 is 24.4. The minimum Gasteiger partial charge on any atom is -0.311 e. The Hall–Kier alpha value is -1.24. The lowest BCUT2D eigenvalue weighted by Gasteiger charge is -2.01. The van der Waals surface area contributed by atoms with Crippen molar-refractivity contribution in [2.45, 2.75) is 24.1 Å². The molecule has 0 radical (unpaired) electrons. The highest BCUT2D eigenvalue weighted by molar-refractivity contribution is 7.90. The Kier molecular flexibility index (Phi) is 4.68. The molecule has 102 valence electrons. The Morgan fingerprint density at radius 2 is 2.00 bits per heavy atom. The van der Waals surface area contributed by atoms with E-state index in [-0.39, 0.29) is 5.75 Å². The quantitative estimate of drug-likeness (QED) is 0.888. The molecule has 0 unspecified atom stereocenters. The molecule has 4 nitrogen and oxygen atoms in total. The molecule has 0 amide bonds. The first-order chi connectivity index (χ1) is 9.12. The van der Waals surface area contributed by atoms with Crippen molar-refractivity contribution in [1.82, 2.24) is 10.3 Å². The van der Waals surface area contributed by atoms with E-state index in [1.54, 1.807) is 30.3 Å². The molecule has 0 aliphatic heterocycles. The molecule has 0 aliphatic carbocycles. The third kappa shape index (κ3) is 3.86. The highest BCUT2D eigenvalue weighted by atomic mass is 32.2. The molecular formula is C13H16N2O2S2. The Morgan fingerprint density at radius 3 is 2.68 bits per heavy atom. The minimum atomic E-state index is -3.29. The van der Waals surface area contributed by atoms with Crippen LogP contribution < -0.4 is 5.32 Å². The van der Waals surface area contributed by atoms with E-state index in [2.05, 4.69) is 10.3 Å². The van der Waals surface area contributed by atoms with Crippen LogP contribution in [0.1, 0.15) is 17.6 Å². The maximum Gasteiger partial charge on any atom is 0.184 e. The normalized spacial score (nSPS) is 11.6. The summed E-state index contributed by atoms with van der Waals surface area (Å²) in [6.07, 6.45) is 0. The Labute approximate surface area is 117 Å². The molecule has 0 bridgehead atoms. The number of thiazole rings is 1. The van der Waals surface area contributed by atoms with Crippen molar-refractivity contribution in [2.24, 2.45) is 0 Å². The van der Waals surface area contributed by atoms with Crippen LogP contribution in [-0.2, 0) is 22.1 Å². The zero-order valence-electron chi connectivity index (χ0n) is 10.7. The van der Waals surface area contributed by atoms with Crippen LogP contribution in [0.3, 0.4) is 0 Å². The van der Waals surface area contributed by atoms with E-state index < -0.39 is 9.84 Å². The first-order valence-electron chi connectivity index (χ1n) is 6.03. The van der Waals surface area contributed by atoms with Gasteiger partial charge in [-0.2, -0.15) is 0 Å². The van der Waals surface area contributed by atoms with Crippen LogP contribution in [0.15, 0.2) is 40.6 Å². The average Bonchev–Trinajstić information content (AvgIpc) is 2.84. The van der Waals surface area contributed by atoms with Crippen molar-refractivity contribution < 1.29 is 8.42 Å². The molecule has 2 rings (SSSR count). The first kappa shape index (κ1) is 14.2. The third-order valence-electron chi connectivity index (χ3n) is 2.57. The first-order valence-corrected chi connectivity index (χ1v) is 8.57. The van der Waals surface area contributed by atoms with Gasteiger partial charge in [0.05, 0.1) is 10.6 Å². The molecule has 0 aliphatic rings. The summed E-state index contributed by atoms with van der Waals surface area (Å²) in [5.74, 6) is -0.0339. The number of nitrogens with one attached hydrogen (secondary N) is 1. The second-order valence-electron chi connectivity index (χ2n) is 4.09. The van der Waals surface area contributed by atoms with Crippen LogP contribution in [-0.4, -0.2) is 19.9 Å². The SMILES string of the molecule is CCNCc1csc(CS(=O)(=O)c2ccccc2)n1. The van der Waals surface area contributed by atoms with Gasteiger partial charge in [0.2, 0.25) is 0 Å². The Morgan fingerprint density at radius 1 is 1.26 bits per heavy atom. The molecule has 0 spiro atoms. The monoisotopic (exact) mass is 296 g/mol. The second kappa shape index (κ2) is 6.27. The Bertz CT molecular complexity index is 621. The fraction of sp³-hybridized carbons (Fsp3) is 0.308. The molecule has 0 fully saturated rings. The smallest absolute Gasteiger partial charge is 0.184 e. The molecule has 0 saturated heterocycles. The molecule has 1 aromatic heterocycles. The van der Waals surface area contributed by atoms with Gasteiger partial charge >= 0.3 is 0 Å². The zero-order chi connectivity index (χ0) is 13.7. The van der Waals surface area contributed by atoms with Gasteiger partial charge < -0.3 is 5.32 Å². The van der Waals surface area contributed by atoms with Crippen LogP contribution in [0.25, 0.3) is 0 Å². The van der Waals surface area contributed by atoms with Gasteiger partial charge in [-0.3, -0.25) is 0 Å². The summed E-state index contributed by atoms with van der Waals surface area (Å²) in [6, 6.07) is 8.48. The summed E-state index contributed by atoms with van der Waals surface area (Å²) >= 11 is 1.39. The van der Waals surface area contributed by atoms with Gasteiger partial charge in [0.15, 0.2) is 9.84 Å². The van der Waals surface area contributed by atoms with Crippen LogP contribution in [0, 0.1) is 0 Å². The summed E-state index contributed by atoms with van der Waals surface area (Å²) in [7, 11) is -3.29. The molecule has 0 atom stereocenters. The Balaban J connectivity index is 2.10. The van der Waals surface area contributed by atoms with E-state index in [1.807, 2.05) is 12.3 Å².